The number of hydrogen-bond donors (Lipinski definition) is 1. The van der Waals surface area contributed by atoms with Crippen molar-refractivity contribution in [3.8, 4) is 0 Å². The van der Waals surface area contributed by atoms with Crippen molar-refractivity contribution >= 4 is 17.5 Å². The summed E-state index contributed by atoms with van der Waals surface area (Å²) in [5, 5.41) is 3.05. The summed E-state index contributed by atoms with van der Waals surface area (Å²) in [6.45, 7) is 2.02. The normalized spacial score (nSPS) is 27.8. The third-order valence-corrected chi connectivity index (χ3v) is 3.55. The third kappa shape index (κ3) is 1.33. The molecule has 2 nitrogen and oxygen atoms in total. The monoisotopic (exact) mass is 187 g/mol. The minimum atomic E-state index is -0.0539. The fourth-order valence-corrected chi connectivity index (χ4v) is 1.58. The fraction of sp³-hybridized carbons (Fsp3) is 0.889. The Morgan fingerprint density at radius 3 is 2.33 bits per heavy atom. The molecule has 0 saturated heterocycles. The smallest absolute Gasteiger partial charge is 0.226 e. The molecule has 0 unspecified atom stereocenters. The van der Waals surface area contributed by atoms with Gasteiger partial charge in [0.25, 0.3) is 0 Å². The molecule has 1 amide bonds. The van der Waals surface area contributed by atoms with E-state index in [4.69, 9.17) is 11.6 Å². The molecule has 68 valence electrons. The predicted octanol–water partition coefficient (Wildman–Crippen LogP) is 1.67. The Hall–Kier alpha value is -0.240. The van der Waals surface area contributed by atoms with Crippen LogP contribution in [0.15, 0.2) is 0 Å². The van der Waals surface area contributed by atoms with Crippen LogP contribution in [0.2, 0.25) is 0 Å². The van der Waals surface area contributed by atoms with Crippen molar-refractivity contribution in [1.82, 2.24) is 5.32 Å². The first-order valence-corrected chi connectivity index (χ1v) is 5.02. The molecule has 2 rings (SSSR count). The van der Waals surface area contributed by atoms with E-state index < -0.39 is 0 Å². The molecule has 0 spiro atoms. The average molecular weight is 188 g/mol. The standard InChI is InChI=1S/C9H14ClNO/c1-8(2-3-8)7(12)11-9(6-10)4-5-9/h2-6H2,1H3,(H,11,12). The van der Waals surface area contributed by atoms with E-state index in [0.717, 1.165) is 25.7 Å². The second-order valence-corrected chi connectivity index (χ2v) is 4.70. The largest absolute Gasteiger partial charge is 0.349 e. The predicted molar refractivity (Wildman–Crippen MR) is 48.2 cm³/mol. The van der Waals surface area contributed by atoms with Crippen molar-refractivity contribution in [2.75, 3.05) is 5.88 Å². The van der Waals surface area contributed by atoms with Crippen molar-refractivity contribution < 1.29 is 4.79 Å². The number of alkyl halides is 1. The van der Waals surface area contributed by atoms with Gasteiger partial charge in [0, 0.05) is 11.3 Å². The molecule has 2 aliphatic rings. The Morgan fingerprint density at radius 1 is 1.42 bits per heavy atom. The van der Waals surface area contributed by atoms with Gasteiger partial charge in [0.15, 0.2) is 0 Å². The van der Waals surface area contributed by atoms with E-state index in [-0.39, 0.29) is 16.9 Å². The van der Waals surface area contributed by atoms with Gasteiger partial charge in [-0.05, 0) is 25.7 Å². The van der Waals surface area contributed by atoms with Crippen LogP contribution in [0.4, 0.5) is 0 Å². The fourth-order valence-electron chi connectivity index (χ4n) is 1.25. The summed E-state index contributed by atoms with van der Waals surface area (Å²) >= 11 is 5.76. The maximum Gasteiger partial charge on any atom is 0.226 e. The van der Waals surface area contributed by atoms with Crippen LogP contribution in [0.3, 0.4) is 0 Å². The molecule has 0 aromatic rings. The molecule has 0 aliphatic heterocycles. The van der Waals surface area contributed by atoms with Gasteiger partial charge < -0.3 is 5.32 Å². The van der Waals surface area contributed by atoms with Gasteiger partial charge in [-0.1, -0.05) is 6.92 Å². The molecule has 0 atom stereocenters. The Balaban J connectivity index is 1.91. The van der Waals surface area contributed by atoms with Crippen molar-refractivity contribution in [2.24, 2.45) is 5.41 Å². The minimum absolute atomic E-state index is 0.0236. The van der Waals surface area contributed by atoms with Crippen LogP contribution in [0.25, 0.3) is 0 Å². The number of amides is 1. The Bertz CT molecular complexity index is 219. The molecular weight excluding hydrogens is 174 g/mol. The lowest BCUT2D eigenvalue weighted by Crippen LogP contribution is -2.41. The number of halogens is 1. The van der Waals surface area contributed by atoms with Gasteiger partial charge in [0.05, 0.1) is 5.54 Å². The average Bonchev–Trinajstić information content (AvgIpc) is 2.90. The van der Waals surface area contributed by atoms with Gasteiger partial charge >= 0.3 is 0 Å². The molecule has 2 saturated carbocycles. The van der Waals surface area contributed by atoms with Gasteiger partial charge in [0.1, 0.15) is 0 Å². The van der Waals surface area contributed by atoms with Crippen LogP contribution in [0.5, 0.6) is 0 Å². The zero-order valence-corrected chi connectivity index (χ0v) is 8.08. The van der Waals surface area contributed by atoms with Gasteiger partial charge in [-0.15, -0.1) is 11.6 Å². The van der Waals surface area contributed by atoms with Gasteiger partial charge in [-0.2, -0.15) is 0 Å². The summed E-state index contributed by atoms with van der Waals surface area (Å²) in [4.78, 5) is 11.6. The minimum Gasteiger partial charge on any atom is -0.349 e. The lowest BCUT2D eigenvalue weighted by molar-refractivity contribution is -0.126. The molecule has 12 heavy (non-hydrogen) atoms. The molecule has 0 heterocycles. The molecule has 1 N–H and O–H groups in total. The lowest BCUT2D eigenvalue weighted by atomic mass is 10.1. The number of hydrogen-bond acceptors (Lipinski definition) is 1. The first-order chi connectivity index (χ1) is 5.60. The molecule has 2 fully saturated rings. The van der Waals surface area contributed by atoms with Crippen LogP contribution >= 0.6 is 11.6 Å². The molecule has 3 heteroatoms. The topological polar surface area (TPSA) is 29.1 Å². The summed E-state index contributed by atoms with van der Waals surface area (Å²) < 4.78 is 0. The van der Waals surface area contributed by atoms with Crippen LogP contribution in [-0.2, 0) is 4.79 Å². The number of carbonyl (C=O) groups is 1. The van der Waals surface area contributed by atoms with Crippen LogP contribution in [0.1, 0.15) is 32.6 Å². The first kappa shape index (κ1) is 8.36. The van der Waals surface area contributed by atoms with Crippen molar-refractivity contribution in [2.45, 2.75) is 38.1 Å². The van der Waals surface area contributed by atoms with Gasteiger partial charge in [-0.25, -0.2) is 0 Å². The third-order valence-electron chi connectivity index (χ3n) is 3.04. The van der Waals surface area contributed by atoms with E-state index in [0.29, 0.717) is 5.88 Å². The quantitative estimate of drug-likeness (QED) is 0.670. The summed E-state index contributed by atoms with van der Waals surface area (Å²) in [5.41, 5.74) is -0.0775. The highest BCUT2D eigenvalue weighted by Crippen LogP contribution is 2.47. The first-order valence-electron chi connectivity index (χ1n) is 4.49. The second kappa shape index (κ2) is 2.38. The highest BCUT2D eigenvalue weighted by molar-refractivity contribution is 6.19. The molecule has 0 radical (unpaired) electrons. The highest BCUT2D eigenvalue weighted by Gasteiger charge is 2.50. The van der Waals surface area contributed by atoms with Crippen molar-refractivity contribution in [3.63, 3.8) is 0 Å². The number of rotatable bonds is 3. The Morgan fingerprint density at radius 2 is 2.00 bits per heavy atom. The second-order valence-electron chi connectivity index (χ2n) is 4.43. The molecule has 0 aromatic heterocycles. The van der Waals surface area contributed by atoms with Crippen molar-refractivity contribution in [1.29, 1.82) is 0 Å². The lowest BCUT2D eigenvalue weighted by Gasteiger charge is -2.17. The Labute approximate surface area is 77.7 Å². The summed E-state index contributed by atoms with van der Waals surface area (Å²) in [6, 6.07) is 0. The zero-order chi connectivity index (χ0) is 8.82. The molecular formula is C9H14ClNO. The summed E-state index contributed by atoms with van der Waals surface area (Å²) in [6.07, 6.45) is 4.19. The molecule has 0 aromatic carbocycles. The molecule has 2 aliphatic carbocycles. The van der Waals surface area contributed by atoms with E-state index in [1.165, 1.54) is 0 Å². The van der Waals surface area contributed by atoms with Gasteiger partial charge in [0.2, 0.25) is 5.91 Å². The number of nitrogens with one attached hydrogen (secondary N) is 1. The van der Waals surface area contributed by atoms with Crippen molar-refractivity contribution in [3.05, 3.63) is 0 Å². The number of carbonyl (C=O) groups excluding carboxylic acids is 1. The van der Waals surface area contributed by atoms with Crippen LogP contribution < -0.4 is 5.32 Å². The highest BCUT2D eigenvalue weighted by atomic mass is 35.5. The van der Waals surface area contributed by atoms with E-state index >= 15 is 0 Å². The maximum absolute atomic E-state index is 11.6. The zero-order valence-electron chi connectivity index (χ0n) is 7.32. The van der Waals surface area contributed by atoms with E-state index in [2.05, 4.69) is 5.32 Å². The Kier molecular flexibility index (Phi) is 1.66. The van der Waals surface area contributed by atoms with E-state index in [9.17, 15) is 4.79 Å². The maximum atomic E-state index is 11.6. The van der Waals surface area contributed by atoms with E-state index in [1.807, 2.05) is 6.92 Å². The summed E-state index contributed by atoms with van der Waals surface area (Å²) in [5.74, 6) is 0.773. The van der Waals surface area contributed by atoms with Crippen LogP contribution in [0, 0.1) is 5.41 Å². The van der Waals surface area contributed by atoms with E-state index in [1.54, 1.807) is 0 Å². The SMILES string of the molecule is CC1(C(=O)NC2(CCl)CC2)CC1. The molecule has 0 bridgehead atoms. The van der Waals surface area contributed by atoms with Gasteiger partial charge in [-0.3, -0.25) is 4.79 Å². The van der Waals surface area contributed by atoms with Crippen LogP contribution in [-0.4, -0.2) is 17.3 Å². The summed E-state index contributed by atoms with van der Waals surface area (Å²) in [7, 11) is 0.